The van der Waals surface area contributed by atoms with Gasteiger partial charge in [-0.2, -0.15) is 23.7 Å². The molecule has 6 nitrogen and oxygen atoms in total. The molecule has 2 aromatic rings. The van der Waals surface area contributed by atoms with Crippen LogP contribution in [0.2, 0.25) is 0 Å². The molecule has 1 N–H and O–H groups in total. The molecule has 1 saturated carbocycles. The van der Waals surface area contributed by atoms with Gasteiger partial charge in [0, 0.05) is 11.6 Å². The van der Waals surface area contributed by atoms with Crippen molar-refractivity contribution in [3.8, 4) is 12.1 Å². The first kappa shape index (κ1) is 19.8. The molecule has 0 spiro atoms. The first-order valence-electron chi connectivity index (χ1n) is 9.27. The van der Waals surface area contributed by atoms with Crippen molar-refractivity contribution in [3.05, 3.63) is 52.6 Å². The van der Waals surface area contributed by atoms with E-state index < -0.39 is 28.5 Å². The zero-order valence-corrected chi connectivity index (χ0v) is 16.1. The third kappa shape index (κ3) is 2.51. The minimum atomic E-state index is -4.53. The number of aromatic nitrogens is 2. The Hall–Kier alpha value is -3.46. The molecule has 0 radical (unpaired) electrons. The third-order valence-corrected chi connectivity index (χ3v) is 6.48. The lowest BCUT2D eigenvalue weighted by Crippen LogP contribution is -2.46. The number of rotatable bonds is 2. The predicted molar refractivity (Wildman–Crippen MR) is 99.0 cm³/mol. The molecule has 1 aromatic heterocycles. The smallest absolute Gasteiger partial charge is 0.325 e. The minimum absolute atomic E-state index is 0.0269. The largest absolute Gasteiger partial charge is 0.416 e. The molecule has 2 bridgehead atoms. The number of amides is 1. The molecule has 30 heavy (non-hydrogen) atoms. The number of nitriles is 2. The molecule has 0 unspecified atom stereocenters. The van der Waals surface area contributed by atoms with E-state index in [1.807, 2.05) is 26.0 Å². The van der Waals surface area contributed by atoms with Crippen molar-refractivity contribution in [1.82, 2.24) is 9.97 Å². The summed E-state index contributed by atoms with van der Waals surface area (Å²) in [5.74, 6) is -0.636. The van der Waals surface area contributed by atoms with E-state index in [0.29, 0.717) is 24.2 Å². The van der Waals surface area contributed by atoms with Crippen molar-refractivity contribution in [2.45, 2.75) is 44.2 Å². The fraction of sp³-hybridized carbons (Fsp3) is 0.381. The maximum absolute atomic E-state index is 13.5. The van der Waals surface area contributed by atoms with Gasteiger partial charge in [0.1, 0.15) is 12.1 Å². The van der Waals surface area contributed by atoms with E-state index in [1.165, 1.54) is 12.1 Å². The molecule has 1 fully saturated rings. The summed E-state index contributed by atoms with van der Waals surface area (Å²) in [6.07, 6.45) is -3.48. The van der Waals surface area contributed by atoms with Crippen LogP contribution in [0.15, 0.2) is 24.3 Å². The van der Waals surface area contributed by atoms with E-state index in [1.54, 1.807) is 0 Å². The van der Waals surface area contributed by atoms with Crippen LogP contribution in [0, 0.1) is 28.1 Å². The van der Waals surface area contributed by atoms with Gasteiger partial charge in [-0.25, -0.2) is 9.97 Å². The summed E-state index contributed by atoms with van der Waals surface area (Å²) in [5, 5.41) is 21.2. The van der Waals surface area contributed by atoms with Crippen LogP contribution in [-0.4, -0.2) is 15.9 Å². The van der Waals surface area contributed by atoms with Crippen LogP contribution in [0.1, 0.15) is 60.9 Å². The lowest BCUT2D eigenvalue weighted by molar-refractivity contribution is -0.137. The van der Waals surface area contributed by atoms with Gasteiger partial charge < -0.3 is 5.32 Å². The topological polar surface area (TPSA) is 102 Å². The summed E-state index contributed by atoms with van der Waals surface area (Å²) in [7, 11) is 0. The number of fused-ring (bicyclic) bond motifs is 5. The number of anilines is 1. The van der Waals surface area contributed by atoms with Gasteiger partial charge in [0.25, 0.3) is 0 Å². The van der Waals surface area contributed by atoms with Crippen LogP contribution in [0.5, 0.6) is 0 Å². The molecule has 2 aliphatic carbocycles. The van der Waals surface area contributed by atoms with Crippen LogP contribution in [0.4, 0.5) is 18.9 Å². The van der Waals surface area contributed by atoms with Crippen molar-refractivity contribution in [2.75, 3.05) is 5.32 Å². The highest BCUT2D eigenvalue weighted by Crippen LogP contribution is 2.67. The molecule has 1 aromatic carbocycles. The second-order valence-electron chi connectivity index (χ2n) is 8.13. The standard InChI is InChI=1S/C21H16F3N5O/c1-19(2)13-6-7-20(19,17-16(13)28-14(9-25)15(10-26)29-17)18(30)27-12-5-3-4-11(8-12)21(22,23)24/h3-5,8,13H,6-7H2,1-2H3,(H,27,30)/t13-,20+/m1/s1. The number of carbonyl (C=O) groups excluding carboxylic acids is 1. The Bertz CT molecular complexity index is 1160. The number of nitrogens with zero attached hydrogens (tertiary/aromatic N) is 4. The lowest BCUT2D eigenvalue weighted by Gasteiger charge is -2.36. The lowest BCUT2D eigenvalue weighted by atomic mass is 9.67. The van der Waals surface area contributed by atoms with E-state index in [0.717, 1.165) is 12.1 Å². The molecule has 0 saturated heterocycles. The molecule has 1 heterocycles. The summed E-state index contributed by atoms with van der Waals surface area (Å²) in [4.78, 5) is 22.1. The Morgan fingerprint density at radius 3 is 2.50 bits per heavy atom. The third-order valence-electron chi connectivity index (χ3n) is 6.48. The molecular formula is C21H16F3N5O. The normalized spacial score (nSPS) is 23.4. The average Bonchev–Trinajstić information content (AvgIpc) is 3.08. The molecule has 0 aliphatic heterocycles. The maximum atomic E-state index is 13.5. The van der Waals surface area contributed by atoms with E-state index in [2.05, 4.69) is 15.3 Å². The first-order chi connectivity index (χ1) is 14.1. The molecule has 1 amide bonds. The summed E-state index contributed by atoms with van der Waals surface area (Å²) >= 11 is 0. The fourth-order valence-corrected chi connectivity index (χ4v) is 4.93. The van der Waals surface area contributed by atoms with Crippen molar-refractivity contribution in [2.24, 2.45) is 5.41 Å². The number of carbonyl (C=O) groups is 1. The highest BCUT2D eigenvalue weighted by molar-refractivity contribution is 6.01. The van der Waals surface area contributed by atoms with Gasteiger partial charge in [-0.3, -0.25) is 4.79 Å². The van der Waals surface area contributed by atoms with Crippen LogP contribution in [0.3, 0.4) is 0 Å². The minimum Gasteiger partial charge on any atom is -0.325 e. The van der Waals surface area contributed by atoms with E-state index in [4.69, 9.17) is 0 Å². The predicted octanol–water partition coefficient (Wildman–Crippen LogP) is 4.03. The molecule has 4 rings (SSSR count). The Balaban J connectivity index is 1.80. The first-order valence-corrected chi connectivity index (χ1v) is 9.27. The monoisotopic (exact) mass is 411 g/mol. The molecule has 2 atom stereocenters. The van der Waals surface area contributed by atoms with Crippen molar-refractivity contribution >= 4 is 11.6 Å². The number of hydrogen-bond acceptors (Lipinski definition) is 5. The summed E-state index contributed by atoms with van der Waals surface area (Å²) < 4.78 is 39.1. The maximum Gasteiger partial charge on any atom is 0.416 e. The fourth-order valence-electron chi connectivity index (χ4n) is 4.93. The zero-order chi connectivity index (χ0) is 21.9. The van der Waals surface area contributed by atoms with Gasteiger partial charge in [-0.15, -0.1) is 0 Å². The van der Waals surface area contributed by atoms with E-state index in [-0.39, 0.29) is 23.0 Å². The number of halogens is 3. The Kier molecular flexibility index (Phi) is 4.14. The van der Waals surface area contributed by atoms with E-state index >= 15 is 0 Å². The summed E-state index contributed by atoms with van der Waals surface area (Å²) in [6.45, 7) is 3.77. The SMILES string of the molecule is CC1(C)[C@@H]2CC[C@@]1(C(=O)Nc1cccc(C(F)(F)F)c1)c1nc(C#N)c(C#N)nc12. The zero-order valence-electron chi connectivity index (χ0n) is 16.1. The number of hydrogen-bond donors (Lipinski definition) is 1. The second kappa shape index (κ2) is 6.27. The quantitative estimate of drug-likeness (QED) is 0.804. The Morgan fingerprint density at radius 1 is 1.20 bits per heavy atom. The van der Waals surface area contributed by atoms with Crippen molar-refractivity contribution in [1.29, 1.82) is 10.5 Å². The van der Waals surface area contributed by atoms with Crippen LogP contribution < -0.4 is 5.32 Å². The molecule has 152 valence electrons. The van der Waals surface area contributed by atoms with Gasteiger partial charge in [-0.05, 0) is 36.5 Å². The van der Waals surface area contributed by atoms with Gasteiger partial charge in [-0.1, -0.05) is 19.9 Å². The Labute approximate surface area is 170 Å². The van der Waals surface area contributed by atoms with Gasteiger partial charge >= 0.3 is 6.18 Å². The van der Waals surface area contributed by atoms with E-state index in [9.17, 15) is 28.5 Å². The molecular weight excluding hydrogens is 395 g/mol. The molecule has 2 aliphatic rings. The highest BCUT2D eigenvalue weighted by atomic mass is 19.4. The van der Waals surface area contributed by atoms with Crippen molar-refractivity contribution in [3.63, 3.8) is 0 Å². The van der Waals surface area contributed by atoms with Crippen LogP contribution in [-0.2, 0) is 16.4 Å². The summed E-state index contributed by atoms with van der Waals surface area (Å²) in [6, 6.07) is 8.14. The van der Waals surface area contributed by atoms with Gasteiger partial charge in [0.2, 0.25) is 5.91 Å². The number of alkyl halides is 3. The number of benzene rings is 1. The van der Waals surface area contributed by atoms with Gasteiger partial charge in [0.05, 0.1) is 22.4 Å². The van der Waals surface area contributed by atoms with Crippen LogP contribution >= 0.6 is 0 Å². The van der Waals surface area contributed by atoms with Crippen LogP contribution in [0.25, 0.3) is 0 Å². The average molecular weight is 411 g/mol. The molecule has 9 heteroatoms. The number of nitrogens with one attached hydrogen (secondary N) is 1. The van der Waals surface area contributed by atoms with Gasteiger partial charge in [0.15, 0.2) is 11.4 Å². The highest BCUT2D eigenvalue weighted by Gasteiger charge is 2.68. The van der Waals surface area contributed by atoms with Crippen molar-refractivity contribution < 1.29 is 18.0 Å². The Morgan fingerprint density at radius 2 is 1.87 bits per heavy atom. The summed E-state index contributed by atoms with van der Waals surface area (Å²) in [5.41, 5.74) is -2.03. The second-order valence-corrected chi connectivity index (χ2v) is 8.13.